The summed E-state index contributed by atoms with van der Waals surface area (Å²) in [6, 6.07) is 0. The summed E-state index contributed by atoms with van der Waals surface area (Å²) >= 11 is 0. The van der Waals surface area contributed by atoms with Crippen LogP contribution in [0.25, 0.3) is 0 Å². The van der Waals surface area contributed by atoms with Gasteiger partial charge in [0.2, 0.25) is 6.29 Å². The van der Waals surface area contributed by atoms with Gasteiger partial charge in [-0.2, -0.15) is 0 Å². The summed E-state index contributed by atoms with van der Waals surface area (Å²) in [6.07, 6.45) is -6.31. The molecule has 1 aliphatic carbocycles. The second-order valence-corrected chi connectivity index (χ2v) is 8.33. The number of carbonyl (C=O) groups excluding carboxylic acids is 2. The Kier molecular flexibility index (Phi) is 7.32. The number of aliphatic carboxylic acids is 1. The van der Waals surface area contributed by atoms with Crippen LogP contribution < -0.4 is 0 Å². The largest absolute Gasteiger partial charge is 0.478 e. The number of carbonyl (C=O) groups is 3. The van der Waals surface area contributed by atoms with Crippen molar-refractivity contribution < 1.29 is 53.8 Å². The zero-order valence-electron chi connectivity index (χ0n) is 17.2. The number of carboxylic acid groups (broad SMARTS) is 1. The summed E-state index contributed by atoms with van der Waals surface area (Å²) in [4.78, 5) is 34.1. The number of aliphatic hydroxyl groups excluding tert-OH is 3. The maximum absolute atomic E-state index is 11.6. The van der Waals surface area contributed by atoms with Crippen LogP contribution in [0.4, 0.5) is 0 Å². The SMILES string of the molecule is CC(=O)CC(=O)OCC1OC(OC2OC=C(C(=O)O)C3CCC(C)C23)C(O)C(O)C1O. The van der Waals surface area contributed by atoms with E-state index >= 15 is 0 Å². The molecule has 3 rings (SSSR count). The van der Waals surface area contributed by atoms with Gasteiger partial charge in [-0.25, -0.2) is 4.79 Å². The predicted molar refractivity (Wildman–Crippen MR) is 100.0 cm³/mol. The molecule has 11 nitrogen and oxygen atoms in total. The smallest absolute Gasteiger partial charge is 0.334 e. The molecule has 1 saturated heterocycles. The monoisotopic (exact) mass is 444 g/mol. The fraction of sp³-hybridized carbons (Fsp3) is 0.750. The Labute approximate surface area is 178 Å². The number of ketones is 1. The van der Waals surface area contributed by atoms with Crippen LogP contribution in [0.2, 0.25) is 0 Å². The third-order valence-electron chi connectivity index (χ3n) is 6.08. The van der Waals surface area contributed by atoms with Gasteiger partial charge >= 0.3 is 11.9 Å². The summed E-state index contributed by atoms with van der Waals surface area (Å²) < 4.78 is 21.7. The van der Waals surface area contributed by atoms with E-state index in [2.05, 4.69) is 0 Å². The van der Waals surface area contributed by atoms with Crippen LogP contribution in [0.3, 0.4) is 0 Å². The molecule has 0 aromatic carbocycles. The van der Waals surface area contributed by atoms with Crippen molar-refractivity contribution in [1.29, 1.82) is 0 Å². The van der Waals surface area contributed by atoms with Crippen molar-refractivity contribution in [3.8, 4) is 0 Å². The Hall–Kier alpha value is -2.05. The molecule has 11 heteroatoms. The van der Waals surface area contributed by atoms with Gasteiger partial charge in [0.1, 0.15) is 43.2 Å². The third-order valence-corrected chi connectivity index (χ3v) is 6.08. The number of carboxylic acids is 1. The number of hydrogen-bond donors (Lipinski definition) is 4. The van der Waals surface area contributed by atoms with Gasteiger partial charge in [0.05, 0.1) is 11.8 Å². The van der Waals surface area contributed by atoms with Gasteiger partial charge in [-0.1, -0.05) is 6.92 Å². The van der Waals surface area contributed by atoms with Gasteiger partial charge in [0.15, 0.2) is 6.29 Å². The highest BCUT2D eigenvalue weighted by atomic mass is 16.8. The lowest BCUT2D eigenvalue weighted by Crippen LogP contribution is -2.60. The van der Waals surface area contributed by atoms with Crippen LogP contribution in [-0.2, 0) is 33.3 Å². The minimum Gasteiger partial charge on any atom is -0.478 e. The molecule has 2 fully saturated rings. The average Bonchev–Trinajstić information content (AvgIpc) is 3.09. The lowest BCUT2D eigenvalue weighted by molar-refractivity contribution is -0.342. The summed E-state index contributed by atoms with van der Waals surface area (Å²) in [5.74, 6) is -2.78. The second kappa shape index (κ2) is 9.61. The standard InChI is InChI=1S/C20H28O11/c1-8-3-4-10-11(18(26)27)6-29-19(14(8)10)31-20-17(25)16(24)15(23)12(30-20)7-28-13(22)5-9(2)21/h6,8,10,12,14-17,19-20,23-25H,3-5,7H2,1-2H3,(H,26,27). The number of Topliss-reactive ketones (excluding diaryl/α,β-unsaturated/α-hetero) is 1. The van der Waals surface area contributed by atoms with E-state index in [4.69, 9.17) is 18.9 Å². The first kappa shape index (κ1) is 23.6. The molecule has 1 saturated carbocycles. The molecule has 31 heavy (non-hydrogen) atoms. The highest BCUT2D eigenvalue weighted by Gasteiger charge is 2.51. The number of rotatable bonds is 7. The molecule has 4 N–H and O–H groups in total. The highest BCUT2D eigenvalue weighted by Crippen LogP contribution is 2.47. The van der Waals surface area contributed by atoms with E-state index in [1.165, 1.54) is 6.92 Å². The van der Waals surface area contributed by atoms with Gasteiger partial charge in [-0.15, -0.1) is 0 Å². The van der Waals surface area contributed by atoms with Gasteiger partial charge < -0.3 is 39.4 Å². The maximum atomic E-state index is 11.6. The summed E-state index contributed by atoms with van der Waals surface area (Å²) in [5.41, 5.74) is 0.157. The summed E-state index contributed by atoms with van der Waals surface area (Å²) in [5, 5.41) is 40.1. The first-order chi connectivity index (χ1) is 14.6. The van der Waals surface area contributed by atoms with Crippen LogP contribution in [-0.4, -0.2) is 81.8 Å². The molecule has 9 atom stereocenters. The van der Waals surface area contributed by atoms with E-state index in [0.717, 1.165) is 12.7 Å². The minimum atomic E-state index is -1.65. The lowest BCUT2D eigenvalue weighted by atomic mass is 9.83. The molecule has 9 unspecified atom stereocenters. The number of hydrogen-bond acceptors (Lipinski definition) is 10. The number of ether oxygens (including phenoxy) is 4. The molecule has 0 radical (unpaired) electrons. The Morgan fingerprint density at radius 3 is 2.45 bits per heavy atom. The Balaban J connectivity index is 1.69. The molecule has 0 spiro atoms. The number of aliphatic hydroxyl groups is 3. The van der Waals surface area contributed by atoms with E-state index in [1.54, 1.807) is 0 Å². The van der Waals surface area contributed by atoms with Crippen LogP contribution in [0.5, 0.6) is 0 Å². The Morgan fingerprint density at radius 1 is 1.10 bits per heavy atom. The first-order valence-electron chi connectivity index (χ1n) is 10.2. The Morgan fingerprint density at radius 2 is 1.81 bits per heavy atom. The molecular weight excluding hydrogens is 416 g/mol. The van der Waals surface area contributed by atoms with Crippen LogP contribution >= 0.6 is 0 Å². The summed E-state index contributed by atoms with van der Waals surface area (Å²) in [6.45, 7) is 2.71. The molecule has 0 bridgehead atoms. The van der Waals surface area contributed by atoms with Crippen molar-refractivity contribution in [2.75, 3.05) is 6.61 Å². The second-order valence-electron chi connectivity index (χ2n) is 8.33. The average molecular weight is 444 g/mol. The van der Waals surface area contributed by atoms with Crippen LogP contribution in [0.15, 0.2) is 11.8 Å². The van der Waals surface area contributed by atoms with E-state index < -0.39 is 67.7 Å². The molecule has 0 amide bonds. The van der Waals surface area contributed by atoms with E-state index in [9.17, 15) is 34.8 Å². The molecule has 0 aromatic rings. The van der Waals surface area contributed by atoms with Crippen LogP contribution in [0, 0.1) is 17.8 Å². The van der Waals surface area contributed by atoms with Crippen molar-refractivity contribution in [2.45, 2.75) is 70.1 Å². The van der Waals surface area contributed by atoms with Gasteiger partial charge in [-0.3, -0.25) is 9.59 Å². The zero-order chi connectivity index (χ0) is 22.9. The molecule has 2 heterocycles. The number of fused-ring (bicyclic) bond motifs is 1. The molecule has 174 valence electrons. The maximum Gasteiger partial charge on any atom is 0.334 e. The topological polar surface area (TPSA) is 169 Å². The normalized spacial score (nSPS) is 39.8. The van der Waals surface area contributed by atoms with Crippen molar-refractivity contribution in [3.05, 3.63) is 11.8 Å². The van der Waals surface area contributed by atoms with Gasteiger partial charge in [0, 0.05) is 11.8 Å². The fourth-order valence-electron chi connectivity index (χ4n) is 4.42. The van der Waals surface area contributed by atoms with Crippen LogP contribution in [0.1, 0.15) is 33.1 Å². The van der Waals surface area contributed by atoms with Crippen molar-refractivity contribution >= 4 is 17.7 Å². The quantitative estimate of drug-likeness (QED) is 0.290. The molecular formula is C20H28O11. The summed E-state index contributed by atoms with van der Waals surface area (Å²) in [7, 11) is 0. The first-order valence-corrected chi connectivity index (χ1v) is 10.2. The predicted octanol–water partition coefficient (Wildman–Crippen LogP) is -0.680. The van der Waals surface area contributed by atoms with E-state index in [1.807, 2.05) is 6.92 Å². The van der Waals surface area contributed by atoms with Crippen molar-refractivity contribution in [1.82, 2.24) is 0 Å². The highest BCUT2D eigenvalue weighted by molar-refractivity contribution is 5.94. The number of esters is 1. The van der Waals surface area contributed by atoms with Crippen molar-refractivity contribution in [3.63, 3.8) is 0 Å². The molecule has 2 aliphatic heterocycles. The minimum absolute atomic E-state index is 0.0811. The van der Waals surface area contributed by atoms with Gasteiger partial charge in [-0.05, 0) is 25.7 Å². The third kappa shape index (κ3) is 5.07. The molecule has 0 aromatic heterocycles. The van der Waals surface area contributed by atoms with Gasteiger partial charge in [0.25, 0.3) is 0 Å². The lowest BCUT2D eigenvalue weighted by Gasteiger charge is -2.43. The van der Waals surface area contributed by atoms with Crippen molar-refractivity contribution in [2.24, 2.45) is 17.8 Å². The zero-order valence-corrected chi connectivity index (χ0v) is 17.2. The van der Waals surface area contributed by atoms with E-state index in [0.29, 0.717) is 6.42 Å². The molecule has 3 aliphatic rings. The van der Waals surface area contributed by atoms with E-state index in [-0.39, 0.29) is 23.3 Å². The Bertz CT molecular complexity index is 735. The fourth-order valence-corrected chi connectivity index (χ4v) is 4.42.